The van der Waals surface area contributed by atoms with E-state index in [0.29, 0.717) is 24.5 Å². The second kappa shape index (κ2) is 13.5. The van der Waals surface area contributed by atoms with Gasteiger partial charge in [-0.3, -0.25) is 19.4 Å². The Kier molecular flexibility index (Phi) is 9.07. The van der Waals surface area contributed by atoms with Crippen LogP contribution in [-0.2, 0) is 27.5 Å². The van der Waals surface area contributed by atoms with Crippen LogP contribution in [0.15, 0.2) is 88.4 Å². The molecule has 7 rings (SSSR count). The third kappa shape index (κ3) is 6.04. The molecule has 0 unspecified atom stereocenters. The molecule has 0 saturated carbocycles. The number of aliphatic hydroxyl groups excluding tert-OH is 1. The summed E-state index contributed by atoms with van der Waals surface area (Å²) in [7, 11) is 0. The van der Waals surface area contributed by atoms with Crippen molar-refractivity contribution < 1.29 is 23.8 Å². The molecule has 3 aliphatic heterocycles. The van der Waals surface area contributed by atoms with E-state index in [1.54, 1.807) is 11.0 Å². The average molecular weight is 621 g/mol. The smallest absolute Gasteiger partial charge is 0.234 e. The van der Waals surface area contributed by atoms with E-state index in [1.807, 2.05) is 30.3 Å². The molecule has 0 radical (unpaired) electrons. The summed E-state index contributed by atoms with van der Waals surface area (Å²) in [5.74, 6) is 0.718. The summed E-state index contributed by atoms with van der Waals surface area (Å²) in [6.45, 7) is 5.22. The number of carbonyl (C=O) groups excluding carboxylic acids is 2. The molecule has 0 spiro atoms. The predicted octanol–water partition coefficient (Wildman–Crippen LogP) is 6.48. The third-order valence-corrected chi connectivity index (χ3v) is 10.6. The second-order valence-corrected chi connectivity index (χ2v) is 13.3. The molecule has 3 fully saturated rings. The number of likely N-dealkylation sites (tertiary alicyclic amines) is 2. The van der Waals surface area contributed by atoms with Gasteiger partial charge < -0.3 is 14.3 Å². The van der Waals surface area contributed by atoms with Gasteiger partial charge in [-0.1, -0.05) is 73.2 Å². The molecule has 4 aliphatic rings. The maximum Gasteiger partial charge on any atom is 0.234 e. The fourth-order valence-electron chi connectivity index (χ4n) is 8.34. The molecule has 1 aliphatic carbocycles. The SMILES string of the molecule is CCC1=C2[C@@H](CC/C(=C/c3ccc(CO)o3)c3ccccc3)OC[C@@H]2[C@@H]2C(=O)N(C3CCN(Cc4ccccc4)CC3)C(=O)[C@@H]2C1. The van der Waals surface area contributed by atoms with Gasteiger partial charge >= 0.3 is 0 Å². The van der Waals surface area contributed by atoms with Crippen molar-refractivity contribution in [2.24, 2.45) is 17.8 Å². The topological polar surface area (TPSA) is 83.2 Å². The Morgan fingerprint density at radius 2 is 1.67 bits per heavy atom. The molecule has 3 saturated heterocycles. The molecule has 240 valence electrons. The number of amides is 2. The highest BCUT2D eigenvalue weighted by Gasteiger charge is 2.58. The van der Waals surface area contributed by atoms with Gasteiger partial charge in [0, 0.05) is 31.6 Å². The molecule has 7 nitrogen and oxygen atoms in total. The normalized spacial score (nSPS) is 25.8. The van der Waals surface area contributed by atoms with Crippen molar-refractivity contribution in [2.45, 2.75) is 70.7 Å². The number of benzene rings is 2. The van der Waals surface area contributed by atoms with Crippen molar-refractivity contribution >= 4 is 23.5 Å². The van der Waals surface area contributed by atoms with Crippen LogP contribution in [0, 0.1) is 17.8 Å². The van der Waals surface area contributed by atoms with E-state index in [-0.39, 0.29) is 48.3 Å². The lowest BCUT2D eigenvalue weighted by Crippen LogP contribution is -2.47. The first kappa shape index (κ1) is 30.9. The van der Waals surface area contributed by atoms with Crippen molar-refractivity contribution in [2.75, 3.05) is 19.7 Å². The van der Waals surface area contributed by atoms with Crippen molar-refractivity contribution in [3.63, 3.8) is 0 Å². The van der Waals surface area contributed by atoms with Gasteiger partial charge in [0.25, 0.3) is 0 Å². The zero-order valence-corrected chi connectivity index (χ0v) is 26.6. The molecule has 4 heterocycles. The van der Waals surface area contributed by atoms with Crippen molar-refractivity contribution in [1.82, 2.24) is 9.80 Å². The van der Waals surface area contributed by atoms with Crippen LogP contribution in [0.1, 0.15) is 68.1 Å². The molecule has 1 aromatic heterocycles. The molecule has 2 amide bonds. The van der Waals surface area contributed by atoms with Crippen molar-refractivity contribution in [3.05, 3.63) is 107 Å². The Hall–Kier alpha value is -3.78. The predicted molar refractivity (Wildman–Crippen MR) is 177 cm³/mol. The molecular formula is C39H44N2O5. The van der Waals surface area contributed by atoms with Crippen LogP contribution in [0.2, 0.25) is 0 Å². The number of aliphatic hydroxyl groups is 1. The number of imide groups is 1. The zero-order chi connectivity index (χ0) is 31.6. The molecule has 4 atom stereocenters. The van der Waals surface area contributed by atoms with Crippen molar-refractivity contribution in [1.29, 1.82) is 0 Å². The number of hydrogen-bond donors (Lipinski definition) is 1. The van der Waals surface area contributed by atoms with Crippen LogP contribution < -0.4 is 0 Å². The number of nitrogens with zero attached hydrogens (tertiary/aromatic N) is 2. The van der Waals surface area contributed by atoms with Gasteiger partial charge in [0.2, 0.25) is 11.8 Å². The summed E-state index contributed by atoms with van der Waals surface area (Å²) >= 11 is 0. The summed E-state index contributed by atoms with van der Waals surface area (Å²) < 4.78 is 12.3. The van der Waals surface area contributed by atoms with Crippen LogP contribution in [0.5, 0.6) is 0 Å². The van der Waals surface area contributed by atoms with Crippen LogP contribution in [0.4, 0.5) is 0 Å². The lowest BCUT2D eigenvalue weighted by atomic mass is 9.69. The van der Waals surface area contributed by atoms with Gasteiger partial charge in [0.05, 0.1) is 24.5 Å². The third-order valence-electron chi connectivity index (χ3n) is 10.6. The van der Waals surface area contributed by atoms with E-state index in [4.69, 9.17) is 9.15 Å². The van der Waals surface area contributed by atoms with Gasteiger partial charge in [0.15, 0.2) is 0 Å². The van der Waals surface area contributed by atoms with Gasteiger partial charge in [-0.15, -0.1) is 0 Å². The highest BCUT2D eigenvalue weighted by molar-refractivity contribution is 6.06. The average Bonchev–Trinajstić information content (AvgIpc) is 3.80. The molecule has 1 N–H and O–H groups in total. The molecule has 2 aromatic carbocycles. The number of hydrogen-bond acceptors (Lipinski definition) is 6. The van der Waals surface area contributed by atoms with E-state index in [2.05, 4.69) is 54.3 Å². The molecular weight excluding hydrogens is 576 g/mol. The minimum Gasteiger partial charge on any atom is -0.459 e. The highest BCUT2D eigenvalue weighted by atomic mass is 16.5. The van der Waals surface area contributed by atoms with Gasteiger partial charge in [-0.25, -0.2) is 0 Å². The van der Waals surface area contributed by atoms with E-state index < -0.39 is 0 Å². The Morgan fingerprint density at radius 1 is 0.935 bits per heavy atom. The monoisotopic (exact) mass is 620 g/mol. The first-order chi connectivity index (χ1) is 22.5. The standard InChI is InChI=1S/C39H44N2O5/c1-2-27-22-33-37(39(44)41(38(33)43)30-17-19-40(20-18-30)23-26-9-5-3-6-10-26)34-25-45-35(36(27)34)16-13-29(28-11-7-4-8-12-28)21-31-14-15-32(24-42)46-31/h3-12,14-15,21,30,33-35,37,42H,2,13,16-20,22-25H2,1H3/b29-21-/t33-,34+,35-,37-/m1/s1. The fourth-order valence-corrected chi connectivity index (χ4v) is 8.34. The number of fused-ring (bicyclic) bond motifs is 3. The van der Waals surface area contributed by atoms with E-state index in [1.165, 1.54) is 16.7 Å². The first-order valence-corrected chi connectivity index (χ1v) is 17.0. The largest absolute Gasteiger partial charge is 0.459 e. The Balaban J connectivity index is 1.05. The summed E-state index contributed by atoms with van der Waals surface area (Å²) in [6.07, 6.45) is 6.73. The van der Waals surface area contributed by atoms with Crippen molar-refractivity contribution in [3.8, 4) is 0 Å². The fraction of sp³-hybridized carbons (Fsp3) is 0.436. The summed E-state index contributed by atoms with van der Waals surface area (Å²) in [5.41, 5.74) is 6.13. The Bertz CT molecular complexity index is 1600. The van der Waals surface area contributed by atoms with E-state index >= 15 is 0 Å². The van der Waals surface area contributed by atoms with Gasteiger partial charge in [-0.05, 0) is 79.0 Å². The summed E-state index contributed by atoms with van der Waals surface area (Å²) in [6, 6.07) is 24.4. The van der Waals surface area contributed by atoms with Gasteiger partial charge in [0.1, 0.15) is 18.1 Å². The number of carbonyl (C=O) groups is 2. The molecule has 3 aromatic rings. The zero-order valence-electron chi connectivity index (χ0n) is 26.6. The lowest BCUT2D eigenvalue weighted by molar-refractivity contribution is -0.144. The van der Waals surface area contributed by atoms with Crippen LogP contribution >= 0.6 is 0 Å². The van der Waals surface area contributed by atoms with Crippen LogP contribution in [0.25, 0.3) is 11.6 Å². The number of piperidine rings is 1. The highest BCUT2D eigenvalue weighted by Crippen LogP contribution is 2.51. The van der Waals surface area contributed by atoms with E-state index in [0.717, 1.165) is 62.9 Å². The number of ether oxygens (including phenoxy) is 1. The van der Waals surface area contributed by atoms with Crippen LogP contribution in [0.3, 0.4) is 0 Å². The van der Waals surface area contributed by atoms with Crippen LogP contribution in [-0.4, -0.2) is 58.6 Å². The quantitative estimate of drug-likeness (QED) is 0.206. The second-order valence-electron chi connectivity index (χ2n) is 13.3. The Labute approximate surface area is 271 Å². The number of allylic oxidation sites excluding steroid dienone is 2. The van der Waals surface area contributed by atoms with E-state index in [9.17, 15) is 14.7 Å². The molecule has 7 heteroatoms. The summed E-state index contributed by atoms with van der Waals surface area (Å²) in [4.78, 5) is 32.2. The Morgan fingerprint density at radius 3 is 2.37 bits per heavy atom. The minimum atomic E-state index is -0.311. The first-order valence-electron chi connectivity index (χ1n) is 17.0. The maximum atomic E-state index is 14.1. The number of furan rings is 1. The molecule has 46 heavy (non-hydrogen) atoms. The molecule has 0 bridgehead atoms. The van der Waals surface area contributed by atoms with Gasteiger partial charge in [-0.2, -0.15) is 0 Å². The maximum absolute atomic E-state index is 14.1. The summed E-state index contributed by atoms with van der Waals surface area (Å²) in [5, 5.41) is 9.47. The lowest BCUT2D eigenvalue weighted by Gasteiger charge is -2.36. The number of rotatable bonds is 10. The minimum absolute atomic E-state index is 0.0178.